The fourth-order valence-electron chi connectivity index (χ4n) is 0. The van der Waals surface area contributed by atoms with Crippen molar-refractivity contribution in [3.05, 3.63) is 0 Å². The van der Waals surface area contributed by atoms with Crippen molar-refractivity contribution < 1.29 is 54.5 Å². The van der Waals surface area contributed by atoms with Crippen LogP contribution in [-0.2, 0) is 40.7 Å². The Balaban J connectivity index is -0.0000000267. The standard InChI is InChI=1S/Cr.K.H2O.4O.Zn/h;;1H2;;;;;/q;;;;;2*-1;/p-1. The summed E-state index contributed by atoms with van der Waals surface area (Å²) in [7, 11) is 0. The summed E-state index contributed by atoms with van der Waals surface area (Å²) in [6.45, 7) is 0. The third-order valence-electron chi connectivity index (χ3n) is 0. The predicted molar refractivity (Wildman–Crippen MR) is 9.06 cm³/mol. The van der Waals surface area contributed by atoms with Gasteiger partial charge in [0.15, 0.2) is 0 Å². The fourth-order valence-corrected chi connectivity index (χ4v) is 0. The molecule has 0 bridgehead atoms. The van der Waals surface area contributed by atoms with Gasteiger partial charge < -0.3 is 5.48 Å². The quantitative estimate of drug-likeness (QED) is 0.413. The first-order chi connectivity index (χ1) is 2.00. The average Bonchev–Trinajstić information content (AvgIpc) is 0.722. The Kier molecular flexibility index (Phi) is 26.0. The van der Waals surface area contributed by atoms with Crippen LogP contribution in [0.3, 0.4) is 0 Å². The Morgan fingerprint density at radius 1 is 1.12 bits per heavy atom. The minimum absolute atomic E-state index is 0. The molecular formula is HCrKO5Zn-3. The van der Waals surface area contributed by atoms with E-state index in [1.807, 2.05) is 0 Å². The maximum absolute atomic E-state index is 8.59. The zero-order valence-electron chi connectivity index (χ0n) is 4.20. The van der Waals surface area contributed by atoms with Gasteiger partial charge >= 0.3 is 29.5 Å². The van der Waals surface area contributed by atoms with Gasteiger partial charge in [-0.15, -0.1) is 0 Å². The largest absolute Gasteiger partial charge is 0 e. The Morgan fingerprint density at radius 2 is 1.12 bits per heavy atom. The second-order valence-electron chi connectivity index (χ2n) is 0.408. The molecule has 43 valence electrons. The zero-order chi connectivity index (χ0) is 4.50. The van der Waals surface area contributed by atoms with Gasteiger partial charge in [-0.1, -0.05) is 0 Å². The average molecular weight is 237 g/mol. The summed E-state index contributed by atoms with van der Waals surface area (Å²) in [5, 5.41) is 0. The molecule has 0 rings (SSSR count). The van der Waals surface area contributed by atoms with Gasteiger partial charge in [-0.3, -0.25) is 0 Å². The van der Waals surface area contributed by atoms with Crippen LogP contribution >= 0.6 is 0 Å². The summed E-state index contributed by atoms with van der Waals surface area (Å²) in [5.74, 6) is 0. The normalized spacial score (nSPS) is 7.25. The molecule has 0 saturated carbocycles. The summed E-state index contributed by atoms with van der Waals surface area (Å²) in [5.41, 5.74) is 0. The van der Waals surface area contributed by atoms with E-state index in [0.717, 1.165) is 0 Å². The number of hydrogen-bond donors (Lipinski definition) is 0. The van der Waals surface area contributed by atoms with Gasteiger partial charge in [0, 0.05) is 70.9 Å². The third kappa shape index (κ3) is 84.7. The van der Waals surface area contributed by atoms with Crippen molar-refractivity contribution in [3.63, 3.8) is 0 Å². The van der Waals surface area contributed by atoms with Crippen molar-refractivity contribution in [3.8, 4) is 0 Å². The van der Waals surface area contributed by atoms with E-state index >= 15 is 0 Å². The molecule has 1 N–H and O–H groups in total. The van der Waals surface area contributed by atoms with Crippen molar-refractivity contribution >= 4 is 51.4 Å². The van der Waals surface area contributed by atoms with E-state index in [0.29, 0.717) is 0 Å². The van der Waals surface area contributed by atoms with Crippen LogP contribution < -0.4 is 8.32 Å². The number of rotatable bonds is 0. The molecule has 0 heterocycles. The van der Waals surface area contributed by atoms with Crippen molar-refractivity contribution in [2.45, 2.75) is 0 Å². The minimum Gasteiger partial charge on any atom is 0 e. The van der Waals surface area contributed by atoms with E-state index in [9.17, 15) is 0 Å². The summed E-state index contributed by atoms with van der Waals surface area (Å²) < 4.78 is 34.4. The van der Waals surface area contributed by atoms with Crippen LogP contribution in [-0.4, -0.2) is 56.9 Å². The maximum Gasteiger partial charge on any atom is 0 e. The van der Waals surface area contributed by atoms with Gasteiger partial charge in [0.05, 0.1) is 0 Å². The first-order valence-electron chi connectivity index (χ1n) is 0.667. The molecule has 0 saturated heterocycles. The van der Waals surface area contributed by atoms with E-state index in [1.165, 1.54) is 0 Å². The van der Waals surface area contributed by atoms with Gasteiger partial charge in [-0.25, -0.2) is 0 Å². The van der Waals surface area contributed by atoms with E-state index in [-0.39, 0.29) is 76.3 Å². The molecule has 0 aliphatic carbocycles. The molecule has 0 unspecified atom stereocenters. The second-order valence-corrected chi connectivity index (χ2v) is 1.68. The molecule has 0 aromatic rings. The van der Waals surface area contributed by atoms with E-state index in [4.69, 9.17) is 15.9 Å². The molecule has 0 amide bonds. The first kappa shape index (κ1) is 22.4. The molecule has 8 heteroatoms. The Hall–Kier alpha value is 2.27. The summed E-state index contributed by atoms with van der Waals surface area (Å²) in [6.07, 6.45) is 0. The van der Waals surface area contributed by atoms with Crippen molar-refractivity contribution in [2.75, 3.05) is 0 Å². The zero-order valence-corrected chi connectivity index (χ0v) is 11.6. The first-order valence-corrected chi connectivity index (χ1v) is 2.75. The van der Waals surface area contributed by atoms with Crippen LogP contribution in [0.1, 0.15) is 0 Å². The maximum atomic E-state index is 8.59. The summed E-state index contributed by atoms with van der Waals surface area (Å²) >= 11 is -5.75. The molecule has 0 fully saturated rings. The third-order valence-corrected chi connectivity index (χ3v) is 0. The minimum atomic E-state index is -5.75. The fraction of sp³-hybridized carbons (Fsp3) is 0. The van der Waals surface area contributed by atoms with Crippen molar-refractivity contribution in [2.24, 2.45) is 0 Å². The molecule has 1 radical (unpaired) electrons. The summed E-state index contributed by atoms with van der Waals surface area (Å²) in [4.78, 5) is 0. The van der Waals surface area contributed by atoms with Crippen LogP contribution in [0.15, 0.2) is 0 Å². The van der Waals surface area contributed by atoms with Crippen LogP contribution in [0.25, 0.3) is 0 Å². The van der Waals surface area contributed by atoms with Crippen LogP contribution in [0.5, 0.6) is 0 Å². The topological polar surface area (TPSA) is 110 Å². The van der Waals surface area contributed by atoms with Gasteiger partial charge in [-0.05, 0) is 0 Å². The van der Waals surface area contributed by atoms with Gasteiger partial charge in [0.2, 0.25) is 0 Å². The van der Waals surface area contributed by atoms with Crippen molar-refractivity contribution in [1.29, 1.82) is 0 Å². The van der Waals surface area contributed by atoms with Gasteiger partial charge in [0.1, 0.15) is 0 Å². The summed E-state index contributed by atoms with van der Waals surface area (Å²) in [6, 6.07) is 0. The van der Waals surface area contributed by atoms with Crippen LogP contribution in [0.4, 0.5) is 0 Å². The molecule has 0 aromatic heterocycles. The molecule has 8 heavy (non-hydrogen) atoms. The smallest absolute Gasteiger partial charge is 0 e. The van der Waals surface area contributed by atoms with E-state index < -0.39 is 13.6 Å². The Morgan fingerprint density at radius 3 is 1.12 bits per heavy atom. The molecular weight excluding hydrogens is 236 g/mol. The Bertz CT molecular complexity index is 95.6. The molecule has 0 spiro atoms. The number of hydrogen-bond acceptors (Lipinski definition) is 5. The molecule has 0 aliphatic rings. The van der Waals surface area contributed by atoms with Gasteiger partial charge in [-0.2, -0.15) is 0 Å². The molecule has 0 aliphatic heterocycles. The van der Waals surface area contributed by atoms with Gasteiger partial charge in [0.25, 0.3) is 0 Å². The van der Waals surface area contributed by atoms with E-state index in [2.05, 4.69) is 0 Å². The van der Waals surface area contributed by atoms with Crippen LogP contribution in [0.2, 0.25) is 0 Å². The monoisotopic (exact) mass is 236 g/mol. The van der Waals surface area contributed by atoms with Crippen molar-refractivity contribution in [1.82, 2.24) is 0 Å². The Labute approximate surface area is 104 Å². The predicted octanol–water partition coefficient (Wildman–Crippen LogP) is -3.18. The van der Waals surface area contributed by atoms with Crippen LogP contribution in [0, 0.1) is 0 Å². The van der Waals surface area contributed by atoms with E-state index in [1.54, 1.807) is 0 Å². The molecule has 0 atom stereocenters. The second kappa shape index (κ2) is 9.27. The SMILES string of the molecule is [K].[OH-].[O]=[Cr](=[O])([O-])[O-].[Zn]. The molecule has 0 aromatic carbocycles. The molecule has 5 nitrogen and oxygen atoms in total.